The molecule has 0 amide bonds. The molecule has 3 rings (SSSR count). The molecular weight excluding hydrogens is 250 g/mol. The normalized spacial score (nSPS) is 10.6. The first-order valence-corrected chi connectivity index (χ1v) is 6.52. The van der Waals surface area contributed by atoms with Crippen molar-refractivity contribution < 1.29 is 5.11 Å². The zero-order valence-corrected chi connectivity index (χ0v) is 11.0. The van der Waals surface area contributed by atoms with Gasteiger partial charge >= 0.3 is 0 Å². The highest BCUT2D eigenvalue weighted by atomic mass is 16.3. The van der Waals surface area contributed by atoms with Crippen molar-refractivity contribution in [1.29, 1.82) is 0 Å². The lowest BCUT2D eigenvalue weighted by Gasteiger charge is -2.01. The smallest absolute Gasteiger partial charge is 0.134 e. The van der Waals surface area contributed by atoms with Crippen molar-refractivity contribution >= 4 is 0 Å². The Morgan fingerprint density at radius 2 is 1.85 bits per heavy atom. The van der Waals surface area contributed by atoms with E-state index in [4.69, 9.17) is 0 Å². The van der Waals surface area contributed by atoms with E-state index < -0.39 is 0 Å². The molecule has 0 saturated carbocycles. The van der Waals surface area contributed by atoms with E-state index in [2.05, 4.69) is 22.2 Å². The van der Waals surface area contributed by atoms with E-state index in [0.717, 1.165) is 24.1 Å². The summed E-state index contributed by atoms with van der Waals surface area (Å²) in [4.78, 5) is 3.98. The van der Waals surface area contributed by atoms with E-state index >= 15 is 0 Å². The number of aromatic nitrogens is 3. The second-order valence-electron chi connectivity index (χ2n) is 4.66. The number of benzene rings is 1. The van der Waals surface area contributed by atoms with Crippen LogP contribution < -0.4 is 0 Å². The molecule has 0 unspecified atom stereocenters. The number of hydrogen-bond donors (Lipinski definition) is 1. The predicted molar refractivity (Wildman–Crippen MR) is 77.3 cm³/mol. The molecule has 4 heteroatoms. The molecule has 2 heterocycles. The maximum Gasteiger partial charge on any atom is 0.134 e. The molecule has 2 aromatic heterocycles. The van der Waals surface area contributed by atoms with Crippen LogP contribution in [0.2, 0.25) is 0 Å². The van der Waals surface area contributed by atoms with Gasteiger partial charge in [0.1, 0.15) is 5.75 Å². The summed E-state index contributed by atoms with van der Waals surface area (Å²) in [6.45, 7) is 0.830. The van der Waals surface area contributed by atoms with E-state index in [0.29, 0.717) is 0 Å². The summed E-state index contributed by atoms with van der Waals surface area (Å²) < 4.78 is 1.91. The van der Waals surface area contributed by atoms with Crippen molar-refractivity contribution in [2.45, 2.75) is 13.0 Å². The Bertz CT molecular complexity index is 692. The zero-order valence-electron chi connectivity index (χ0n) is 11.0. The van der Waals surface area contributed by atoms with Crippen LogP contribution >= 0.6 is 0 Å². The van der Waals surface area contributed by atoms with Crippen molar-refractivity contribution in [1.82, 2.24) is 14.8 Å². The van der Waals surface area contributed by atoms with E-state index in [1.807, 2.05) is 29.1 Å². The average Bonchev–Trinajstić information content (AvgIpc) is 2.95. The standard InChI is InChI=1S/C16H15N3O/c20-16-8-14(9-17-11-16)15-10-18-19(12-15)7-6-13-4-2-1-3-5-13/h1-5,8-12,20H,6-7H2. The Hall–Kier alpha value is -2.62. The molecule has 0 atom stereocenters. The Morgan fingerprint density at radius 3 is 2.65 bits per heavy atom. The van der Waals surface area contributed by atoms with Crippen LogP contribution in [0.15, 0.2) is 61.2 Å². The summed E-state index contributed by atoms with van der Waals surface area (Å²) in [5.74, 6) is 0.166. The van der Waals surface area contributed by atoms with Crippen LogP contribution in [0.3, 0.4) is 0 Å². The minimum Gasteiger partial charge on any atom is -0.506 e. The number of rotatable bonds is 4. The van der Waals surface area contributed by atoms with Crippen molar-refractivity contribution in [3.63, 3.8) is 0 Å². The first-order chi connectivity index (χ1) is 9.81. The number of pyridine rings is 1. The van der Waals surface area contributed by atoms with E-state index in [-0.39, 0.29) is 5.75 Å². The molecule has 1 aromatic carbocycles. The number of nitrogens with zero attached hydrogens (tertiary/aromatic N) is 3. The fraction of sp³-hybridized carbons (Fsp3) is 0.125. The van der Waals surface area contributed by atoms with Gasteiger partial charge < -0.3 is 5.11 Å². The summed E-state index contributed by atoms with van der Waals surface area (Å²) in [7, 11) is 0. The Kier molecular flexibility index (Phi) is 3.46. The Balaban J connectivity index is 1.71. The molecule has 0 bridgehead atoms. The van der Waals surface area contributed by atoms with Crippen molar-refractivity contribution in [2.75, 3.05) is 0 Å². The maximum absolute atomic E-state index is 9.44. The van der Waals surface area contributed by atoms with Gasteiger partial charge in [-0.05, 0) is 18.1 Å². The van der Waals surface area contributed by atoms with Gasteiger partial charge in [-0.3, -0.25) is 9.67 Å². The van der Waals surface area contributed by atoms with Gasteiger partial charge in [-0.1, -0.05) is 30.3 Å². The third kappa shape index (κ3) is 2.85. The fourth-order valence-electron chi connectivity index (χ4n) is 2.11. The molecule has 0 aliphatic heterocycles. The first kappa shape index (κ1) is 12.4. The predicted octanol–water partition coefficient (Wildman–Crippen LogP) is 2.89. The van der Waals surface area contributed by atoms with Gasteiger partial charge in [-0.2, -0.15) is 5.10 Å². The van der Waals surface area contributed by atoms with Crippen LogP contribution in [-0.4, -0.2) is 19.9 Å². The Morgan fingerprint density at radius 1 is 1.00 bits per heavy atom. The van der Waals surface area contributed by atoms with Crippen LogP contribution in [0, 0.1) is 0 Å². The lowest BCUT2D eigenvalue weighted by Crippen LogP contribution is -2.01. The van der Waals surface area contributed by atoms with Crippen LogP contribution in [0.25, 0.3) is 11.1 Å². The molecule has 0 fully saturated rings. The van der Waals surface area contributed by atoms with E-state index in [1.165, 1.54) is 11.8 Å². The van der Waals surface area contributed by atoms with Crippen molar-refractivity contribution in [2.24, 2.45) is 0 Å². The second kappa shape index (κ2) is 5.57. The van der Waals surface area contributed by atoms with Gasteiger partial charge in [0.2, 0.25) is 0 Å². The molecule has 20 heavy (non-hydrogen) atoms. The van der Waals surface area contributed by atoms with Crippen molar-refractivity contribution in [3.05, 3.63) is 66.7 Å². The van der Waals surface area contributed by atoms with Gasteiger partial charge in [-0.25, -0.2) is 0 Å². The average molecular weight is 265 g/mol. The topological polar surface area (TPSA) is 50.9 Å². The third-order valence-corrected chi connectivity index (χ3v) is 3.16. The SMILES string of the molecule is Oc1cncc(-c2cnn(CCc3ccccc3)c2)c1. The molecule has 0 aliphatic carbocycles. The summed E-state index contributed by atoms with van der Waals surface area (Å²) >= 11 is 0. The highest BCUT2D eigenvalue weighted by molar-refractivity contribution is 5.61. The summed E-state index contributed by atoms with van der Waals surface area (Å²) in [5, 5.41) is 13.8. The molecule has 0 spiro atoms. The molecule has 100 valence electrons. The van der Waals surface area contributed by atoms with Gasteiger partial charge in [0, 0.05) is 30.1 Å². The first-order valence-electron chi connectivity index (χ1n) is 6.52. The molecule has 0 radical (unpaired) electrons. The molecule has 4 nitrogen and oxygen atoms in total. The third-order valence-electron chi connectivity index (χ3n) is 3.16. The monoisotopic (exact) mass is 265 g/mol. The largest absolute Gasteiger partial charge is 0.506 e. The minimum atomic E-state index is 0.166. The van der Waals surface area contributed by atoms with Crippen LogP contribution in [0.1, 0.15) is 5.56 Å². The molecule has 0 saturated heterocycles. The van der Waals surface area contributed by atoms with Crippen LogP contribution in [0.4, 0.5) is 0 Å². The fourth-order valence-corrected chi connectivity index (χ4v) is 2.11. The van der Waals surface area contributed by atoms with Gasteiger partial charge in [0.15, 0.2) is 0 Å². The summed E-state index contributed by atoms with van der Waals surface area (Å²) in [6, 6.07) is 12.0. The molecule has 1 N–H and O–H groups in total. The second-order valence-corrected chi connectivity index (χ2v) is 4.66. The van der Waals surface area contributed by atoms with Crippen LogP contribution in [-0.2, 0) is 13.0 Å². The summed E-state index contributed by atoms with van der Waals surface area (Å²) in [5.41, 5.74) is 3.13. The Labute approximate surface area is 117 Å². The lowest BCUT2D eigenvalue weighted by molar-refractivity contribution is 0.473. The van der Waals surface area contributed by atoms with Crippen LogP contribution in [0.5, 0.6) is 5.75 Å². The molecular formula is C16H15N3O. The molecule has 3 aromatic rings. The lowest BCUT2D eigenvalue weighted by atomic mass is 10.1. The maximum atomic E-state index is 9.44. The summed E-state index contributed by atoms with van der Waals surface area (Å²) in [6.07, 6.45) is 7.85. The van der Waals surface area contributed by atoms with Crippen molar-refractivity contribution in [3.8, 4) is 16.9 Å². The highest BCUT2D eigenvalue weighted by Crippen LogP contribution is 2.21. The van der Waals surface area contributed by atoms with Gasteiger partial charge in [-0.15, -0.1) is 0 Å². The van der Waals surface area contributed by atoms with E-state index in [9.17, 15) is 5.11 Å². The highest BCUT2D eigenvalue weighted by Gasteiger charge is 2.03. The number of aryl methyl sites for hydroxylation is 2. The number of hydrogen-bond acceptors (Lipinski definition) is 3. The molecule has 0 aliphatic rings. The quantitative estimate of drug-likeness (QED) is 0.789. The van der Waals surface area contributed by atoms with E-state index in [1.54, 1.807) is 18.5 Å². The number of aromatic hydroxyl groups is 1. The zero-order chi connectivity index (χ0) is 13.8. The van der Waals surface area contributed by atoms with Gasteiger partial charge in [0.25, 0.3) is 0 Å². The van der Waals surface area contributed by atoms with Gasteiger partial charge in [0.05, 0.1) is 12.4 Å². The minimum absolute atomic E-state index is 0.166.